The molecule has 96 valence electrons. The molecule has 1 aromatic carbocycles. The summed E-state index contributed by atoms with van der Waals surface area (Å²) in [6, 6.07) is 6.35. The van der Waals surface area contributed by atoms with Gasteiger partial charge in [0.2, 0.25) is 0 Å². The number of H-pyrrole nitrogens is 1. The number of halogens is 1. The van der Waals surface area contributed by atoms with E-state index < -0.39 is 0 Å². The molecule has 0 unspecified atom stereocenters. The Bertz CT molecular complexity index is 635. The fourth-order valence-corrected chi connectivity index (χ4v) is 3.95. The average Bonchev–Trinajstić information content (AvgIpc) is 2.65. The molecule has 2 nitrogen and oxygen atoms in total. The molecule has 2 aromatic rings. The molecule has 1 aliphatic rings. The van der Waals surface area contributed by atoms with Gasteiger partial charge in [-0.15, -0.1) is 0 Å². The lowest BCUT2D eigenvalue weighted by atomic mass is 9.83. The molecule has 1 fully saturated rings. The molecule has 4 heteroatoms. The van der Waals surface area contributed by atoms with E-state index in [2.05, 4.69) is 50.6 Å². The van der Waals surface area contributed by atoms with Crippen molar-refractivity contribution in [1.82, 2.24) is 9.55 Å². The van der Waals surface area contributed by atoms with Crippen molar-refractivity contribution >= 4 is 39.2 Å². The molecule has 0 saturated heterocycles. The Hall–Kier alpha value is -0.610. The van der Waals surface area contributed by atoms with E-state index in [1.807, 2.05) is 0 Å². The SMILES string of the molecule is CC1(n2c(=S)[nH]c3cc(Br)ccc32)CCCCC1. The zero-order chi connectivity index (χ0) is 12.8. The van der Waals surface area contributed by atoms with Gasteiger partial charge in [-0.05, 0) is 50.2 Å². The zero-order valence-electron chi connectivity index (χ0n) is 10.5. The minimum atomic E-state index is 0.182. The highest BCUT2D eigenvalue weighted by atomic mass is 79.9. The number of aromatic nitrogens is 2. The van der Waals surface area contributed by atoms with Gasteiger partial charge in [0.15, 0.2) is 4.77 Å². The predicted octanol–water partition coefficient (Wildman–Crippen LogP) is 5.14. The smallest absolute Gasteiger partial charge is 0.178 e. The van der Waals surface area contributed by atoms with E-state index in [0.717, 1.165) is 14.8 Å². The Morgan fingerprint density at radius 1 is 1.28 bits per heavy atom. The van der Waals surface area contributed by atoms with Crippen molar-refractivity contribution < 1.29 is 0 Å². The van der Waals surface area contributed by atoms with Crippen LogP contribution in [0.1, 0.15) is 39.0 Å². The number of hydrogen-bond donors (Lipinski definition) is 1. The minimum absolute atomic E-state index is 0.182. The summed E-state index contributed by atoms with van der Waals surface area (Å²) in [6.07, 6.45) is 6.43. The fraction of sp³-hybridized carbons (Fsp3) is 0.500. The molecule has 0 aliphatic heterocycles. The fourth-order valence-electron chi connectivity index (χ4n) is 3.16. The van der Waals surface area contributed by atoms with E-state index in [1.165, 1.54) is 37.6 Å². The normalized spacial score (nSPS) is 19.2. The standard InChI is InChI=1S/C14H17BrN2S/c1-14(7-3-2-4-8-14)17-12-6-5-10(15)9-11(12)16-13(17)18/h5-6,9H,2-4,7-8H2,1H3,(H,16,18). The maximum atomic E-state index is 5.54. The van der Waals surface area contributed by atoms with E-state index in [0.29, 0.717) is 0 Å². The summed E-state index contributed by atoms with van der Waals surface area (Å²) in [4.78, 5) is 3.34. The first-order chi connectivity index (χ1) is 8.60. The maximum absolute atomic E-state index is 5.54. The molecule has 1 saturated carbocycles. The minimum Gasteiger partial charge on any atom is -0.331 e. The van der Waals surface area contributed by atoms with Crippen molar-refractivity contribution in [3.05, 3.63) is 27.4 Å². The van der Waals surface area contributed by atoms with Crippen molar-refractivity contribution in [1.29, 1.82) is 0 Å². The van der Waals surface area contributed by atoms with Gasteiger partial charge in [0.25, 0.3) is 0 Å². The zero-order valence-corrected chi connectivity index (χ0v) is 12.9. The van der Waals surface area contributed by atoms with E-state index in [-0.39, 0.29) is 5.54 Å². The van der Waals surface area contributed by atoms with E-state index in [9.17, 15) is 0 Å². The number of rotatable bonds is 1. The lowest BCUT2D eigenvalue weighted by molar-refractivity contribution is 0.222. The molecule has 1 N–H and O–H groups in total. The number of benzene rings is 1. The van der Waals surface area contributed by atoms with Gasteiger partial charge >= 0.3 is 0 Å². The molecular weight excluding hydrogens is 308 g/mol. The Balaban J connectivity index is 2.22. The average molecular weight is 325 g/mol. The van der Waals surface area contributed by atoms with Gasteiger partial charge < -0.3 is 9.55 Å². The van der Waals surface area contributed by atoms with Gasteiger partial charge in [0.1, 0.15) is 0 Å². The Morgan fingerprint density at radius 3 is 2.72 bits per heavy atom. The lowest BCUT2D eigenvalue weighted by Crippen LogP contribution is -2.32. The van der Waals surface area contributed by atoms with Crippen molar-refractivity contribution in [2.75, 3.05) is 0 Å². The summed E-state index contributed by atoms with van der Waals surface area (Å²) in [5.74, 6) is 0. The van der Waals surface area contributed by atoms with Gasteiger partial charge in [0, 0.05) is 10.0 Å². The van der Waals surface area contributed by atoms with Gasteiger partial charge in [-0.1, -0.05) is 35.2 Å². The van der Waals surface area contributed by atoms with Crippen LogP contribution in [-0.2, 0) is 5.54 Å². The molecule has 3 rings (SSSR count). The van der Waals surface area contributed by atoms with Crippen LogP contribution < -0.4 is 0 Å². The van der Waals surface area contributed by atoms with Crippen LogP contribution in [0.2, 0.25) is 0 Å². The summed E-state index contributed by atoms with van der Waals surface area (Å²) < 4.78 is 4.28. The first kappa shape index (κ1) is 12.4. The molecule has 0 spiro atoms. The van der Waals surface area contributed by atoms with Gasteiger partial charge in [-0.25, -0.2) is 0 Å². The predicted molar refractivity (Wildman–Crippen MR) is 81.6 cm³/mol. The molecule has 1 aliphatic carbocycles. The van der Waals surface area contributed by atoms with Crippen LogP contribution in [0.4, 0.5) is 0 Å². The van der Waals surface area contributed by atoms with Crippen molar-refractivity contribution in [2.45, 2.75) is 44.6 Å². The highest BCUT2D eigenvalue weighted by Gasteiger charge is 2.30. The quantitative estimate of drug-likeness (QED) is 0.720. The molecular formula is C14H17BrN2S. The number of imidazole rings is 1. The second-order valence-corrected chi connectivity index (χ2v) is 6.79. The largest absolute Gasteiger partial charge is 0.331 e. The number of aromatic amines is 1. The summed E-state index contributed by atoms with van der Waals surface area (Å²) >= 11 is 9.05. The van der Waals surface area contributed by atoms with Gasteiger partial charge in [-0.2, -0.15) is 0 Å². The number of nitrogens with one attached hydrogen (secondary N) is 1. The Labute approximate surface area is 121 Å². The molecule has 0 atom stereocenters. The van der Waals surface area contributed by atoms with E-state index >= 15 is 0 Å². The molecule has 0 amide bonds. The van der Waals surface area contributed by atoms with Crippen LogP contribution in [0.15, 0.2) is 22.7 Å². The Morgan fingerprint density at radius 2 is 2.00 bits per heavy atom. The van der Waals surface area contributed by atoms with Crippen LogP contribution in [-0.4, -0.2) is 9.55 Å². The van der Waals surface area contributed by atoms with Crippen molar-refractivity contribution in [3.63, 3.8) is 0 Å². The van der Waals surface area contributed by atoms with Crippen LogP contribution in [0.3, 0.4) is 0 Å². The van der Waals surface area contributed by atoms with E-state index in [1.54, 1.807) is 0 Å². The number of hydrogen-bond acceptors (Lipinski definition) is 1. The molecule has 1 heterocycles. The highest BCUT2D eigenvalue weighted by molar-refractivity contribution is 9.10. The first-order valence-corrected chi connectivity index (χ1v) is 7.71. The van der Waals surface area contributed by atoms with Gasteiger partial charge in [-0.3, -0.25) is 0 Å². The third-order valence-corrected chi connectivity index (χ3v) is 4.89. The van der Waals surface area contributed by atoms with Gasteiger partial charge in [0.05, 0.1) is 11.0 Å². The van der Waals surface area contributed by atoms with Crippen molar-refractivity contribution in [3.8, 4) is 0 Å². The molecule has 18 heavy (non-hydrogen) atoms. The summed E-state index contributed by atoms with van der Waals surface area (Å²) in [5, 5.41) is 0. The summed E-state index contributed by atoms with van der Waals surface area (Å²) in [6.45, 7) is 2.34. The number of nitrogens with zero attached hydrogens (tertiary/aromatic N) is 1. The van der Waals surface area contributed by atoms with Crippen LogP contribution in [0.25, 0.3) is 11.0 Å². The molecule has 0 bridgehead atoms. The third kappa shape index (κ3) is 1.95. The second kappa shape index (κ2) is 4.49. The molecule has 0 radical (unpaired) electrons. The van der Waals surface area contributed by atoms with Crippen LogP contribution in [0, 0.1) is 4.77 Å². The van der Waals surface area contributed by atoms with Crippen LogP contribution in [0.5, 0.6) is 0 Å². The van der Waals surface area contributed by atoms with Crippen molar-refractivity contribution in [2.24, 2.45) is 0 Å². The van der Waals surface area contributed by atoms with Crippen LogP contribution >= 0.6 is 28.1 Å². The van der Waals surface area contributed by atoms with E-state index in [4.69, 9.17) is 12.2 Å². The topological polar surface area (TPSA) is 20.7 Å². The Kier molecular flexibility index (Phi) is 3.10. The molecule has 1 aromatic heterocycles. The monoisotopic (exact) mass is 324 g/mol. The first-order valence-electron chi connectivity index (χ1n) is 6.51. The highest BCUT2D eigenvalue weighted by Crippen LogP contribution is 2.37. The lowest BCUT2D eigenvalue weighted by Gasteiger charge is -2.35. The summed E-state index contributed by atoms with van der Waals surface area (Å²) in [7, 11) is 0. The maximum Gasteiger partial charge on any atom is 0.178 e. The third-order valence-electron chi connectivity index (χ3n) is 4.11. The summed E-state index contributed by atoms with van der Waals surface area (Å²) in [5.41, 5.74) is 2.54. The number of fused-ring (bicyclic) bond motifs is 1. The second-order valence-electron chi connectivity index (χ2n) is 5.48.